The van der Waals surface area contributed by atoms with Crippen molar-refractivity contribution in [1.82, 2.24) is 10.2 Å². The number of rotatable bonds is 2. The second-order valence-corrected chi connectivity index (χ2v) is 4.69. The summed E-state index contributed by atoms with van der Waals surface area (Å²) in [5, 5.41) is 2.71. The minimum absolute atomic E-state index is 0.0544. The van der Waals surface area contributed by atoms with E-state index in [9.17, 15) is 4.79 Å². The second kappa shape index (κ2) is 8.72. The number of carbonyl (C=O) groups excluding carboxylic acids is 1. The summed E-state index contributed by atoms with van der Waals surface area (Å²) in [6.07, 6.45) is 4.28. The summed E-state index contributed by atoms with van der Waals surface area (Å²) >= 11 is 0. The highest BCUT2D eigenvalue weighted by atomic mass is 16.1. The van der Waals surface area contributed by atoms with E-state index in [1.807, 2.05) is 0 Å². The van der Waals surface area contributed by atoms with Crippen molar-refractivity contribution >= 4 is 5.91 Å². The predicted molar refractivity (Wildman–Crippen MR) is 64.9 cm³/mol. The highest BCUT2D eigenvalue weighted by molar-refractivity contribution is 5.72. The summed E-state index contributed by atoms with van der Waals surface area (Å²) in [7, 11) is 2.19. The van der Waals surface area contributed by atoms with E-state index in [1.54, 1.807) is 0 Å². The van der Waals surface area contributed by atoms with Crippen molar-refractivity contribution < 1.29 is 4.79 Å². The lowest BCUT2D eigenvalue weighted by atomic mass is 10.1. The van der Waals surface area contributed by atoms with Crippen LogP contribution in [0, 0.1) is 5.92 Å². The van der Waals surface area contributed by atoms with Gasteiger partial charge in [0.25, 0.3) is 0 Å². The van der Waals surface area contributed by atoms with Crippen LogP contribution in [0.4, 0.5) is 0 Å². The number of amides is 1. The molecule has 1 amide bonds. The van der Waals surface area contributed by atoms with Gasteiger partial charge in [-0.2, -0.15) is 0 Å². The molecular weight excluding hydrogens is 188 g/mol. The van der Waals surface area contributed by atoms with Gasteiger partial charge in [-0.1, -0.05) is 20.3 Å². The predicted octanol–water partition coefficient (Wildman–Crippen LogP) is 1.88. The van der Waals surface area contributed by atoms with E-state index in [0.29, 0.717) is 5.92 Å². The molecule has 0 saturated carbocycles. The van der Waals surface area contributed by atoms with Crippen LogP contribution in [0.5, 0.6) is 0 Å². The van der Waals surface area contributed by atoms with Crippen LogP contribution in [-0.4, -0.2) is 37.5 Å². The van der Waals surface area contributed by atoms with E-state index in [-0.39, 0.29) is 5.91 Å². The zero-order valence-corrected chi connectivity index (χ0v) is 10.7. The number of likely N-dealkylation sites (tertiary alicyclic amines) is 1. The molecule has 1 heterocycles. The standard InChI is InChI=1S/C6H13NO.C6H13N/c1-5(2)4-7-6(3)8;1-7-5-3-2-4-6-7/h5H,4H2,1-3H3,(H,7,8);2-6H2,1H3. The Labute approximate surface area is 94.2 Å². The molecule has 1 N–H and O–H groups in total. The average Bonchev–Trinajstić information content (AvgIpc) is 2.17. The summed E-state index contributed by atoms with van der Waals surface area (Å²) in [4.78, 5) is 12.6. The SMILES string of the molecule is CC(=O)NCC(C)C.CN1CCCCC1. The van der Waals surface area contributed by atoms with Gasteiger partial charge in [0.1, 0.15) is 0 Å². The average molecular weight is 214 g/mol. The van der Waals surface area contributed by atoms with Crippen LogP contribution in [-0.2, 0) is 4.79 Å². The highest BCUT2D eigenvalue weighted by Crippen LogP contribution is 2.04. The third kappa shape index (κ3) is 11.4. The third-order valence-corrected chi connectivity index (χ3v) is 2.34. The number of carbonyl (C=O) groups is 1. The molecule has 0 spiro atoms. The Morgan fingerprint density at radius 3 is 2.00 bits per heavy atom. The lowest BCUT2D eigenvalue weighted by Gasteiger charge is -2.20. The molecule has 3 heteroatoms. The summed E-state index contributed by atoms with van der Waals surface area (Å²) in [6, 6.07) is 0. The molecule has 1 aliphatic heterocycles. The Morgan fingerprint density at radius 1 is 1.27 bits per heavy atom. The first-order chi connectivity index (χ1) is 7.02. The van der Waals surface area contributed by atoms with E-state index in [1.165, 1.54) is 39.3 Å². The van der Waals surface area contributed by atoms with Crippen molar-refractivity contribution in [1.29, 1.82) is 0 Å². The monoisotopic (exact) mass is 214 g/mol. The third-order valence-electron chi connectivity index (χ3n) is 2.34. The minimum atomic E-state index is 0.0544. The first-order valence-electron chi connectivity index (χ1n) is 5.95. The Kier molecular flexibility index (Phi) is 8.38. The van der Waals surface area contributed by atoms with Gasteiger partial charge in [0.15, 0.2) is 0 Å². The smallest absolute Gasteiger partial charge is 0.216 e. The molecule has 0 aromatic rings. The van der Waals surface area contributed by atoms with Gasteiger partial charge >= 0.3 is 0 Å². The molecule has 0 atom stereocenters. The summed E-state index contributed by atoms with van der Waals surface area (Å²) < 4.78 is 0. The fourth-order valence-corrected chi connectivity index (χ4v) is 1.40. The molecule has 0 aliphatic carbocycles. The maximum Gasteiger partial charge on any atom is 0.216 e. The number of nitrogens with zero attached hydrogens (tertiary/aromatic N) is 1. The van der Waals surface area contributed by atoms with Crippen molar-refractivity contribution in [2.75, 3.05) is 26.7 Å². The molecule has 1 fully saturated rings. The molecule has 15 heavy (non-hydrogen) atoms. The van der Waals surface area contributed by atoms with Gasteiger partial charge in [0.2, 0.25) is 5.91 Å². The van der Waals surface area contributed by atoms with Gasteiger partial charge in [0, 0.05) is 13.5 Å². The Morgan fingerprint density at radius 2 is 1.80 bits per heavy atom. The Bertz CT molecular complexity index is 163. The molecule has 1 aliphatic rings. The lowest BCUT2D eigenvalue weighted by molar-refractivity contribution is -0.119. The van der Waals surface area contributed by atoms with Crippen LogP contribution in [0.15, 0.2) is 0 Å². The van der Waals surface area contributed by atoms with Crippen molar-refractivity contribution in [2.24, 2.45) is 5.92 Å². The van der Waals surface area contributed by atoms with E-state index < -0.39 is 0 Å². The number of hydrogen-bond acceptors (Lipinski definition) is 2. The zero-order chi connectivity index (χ0) is 11.7. The quantitative estimate of drug-likeness (QED) is 0.761. The van der Waals surface area contributed by atoms with Gasteiger partial charge in [-0.3, -0.25) is 4.79 Å². The van der Waals surface area contributed by atoms with Crippen molar-refractivity contribution in [3.8, 4) is 0 Å². The van der Waals surface area contributed by atoms with E-state index in [2.05, 4.69) is 31.1 Å². The maximum atomic E-state index is 10.2. The fraction of sp³-hybridized carbons (Fsp3) is 0.917. The van der Waals surface area contributed by atoms with E-state index in [4.69, 9.17) is 0 Å². The molecule has 0 radical (unpaired) electrons. The minimum Gasteiger partial charge on any atom is -0.356 e. The molecule has 3 nitrogen and oxygen atoms in total. The highest BCUT2D eigenvalue weighted by Gasteiger charge is 2.02. The molecule has 90 valence electrons. The number of piperidine rings is 1. The Balaban J connectivity index is 0.000000262. The second-order valence-electron chi connectivity index (χ2n) is 4.69. The van der Waals surface area contributed by atoms with Gasteiger partial charge in [-0.15, -0.1) is 0 Å². The lowest BCUT2D eigenvalue weighted by Crippen LogP contribution is -2.24. The van der Waals surface area contributed by atoms with Crippen LogP contribution >= 0.6 is 0 Å². The molecule has 1 rings (SSSR count). The first-order valence-corrected chi connectivity index (χ1v) is 5.95. The summed E-state index contributed by atoms with van der Waals surface area (Å²) in [6.45, 7) is 9.09. The summed E-state index contributed by atoms with van der Waals surface area (Å²) in [5.74, 6) is 0.609. The summed E-state index contributed by atoms with van der Waals surface area (Å²) in [5.41, 5.74) is 0. The number of nitrogens with one attached hydrogen (secondary N) is 1. The topological polar surface area (TPSA) is 32.3 Å². The van der Waals surface area contributed by atoms with Crippen molar-refractivity contribution in [2.45, 2.75) is 40.0 Å². The fourth-order valence-electron chi connectivity index (χ4n) is 1.40. The molecular formula is C12H26N2O. The van der Waals surface area contributed by atoms with Crippen LogP contribution < -0.4 is 5.32 Å². The van der Waals surface area contributed by atoms with Crippen molar-refractivity contribution in [3.05, 3.63) is 0 Å². The van der Waals surface area contributed by atoms with Gasteiger partial charge < -0.3 is 10.2 Å². The van der Waals surface area contributed by atoms with Gasteiger partial charge in [0.05, 0.1) is 0 Å². The molecule has 0 bridgehead atoms. The molecule has 0 aromatic heterocycles. The molecule has 0 aromatic carbocycles. The molecule has 1 saturated heterocycles. The van der Waals surface area contributed by atoms with Gasteiger partial charge in [-0.05, 0) is 38.9 Å². The van der Waals surface area contributed by atoms with Crippen LogP contribution in [0.25, 0.3) is 0 Å². The first kappa shape index (κ1) is 14.4. The Hall–Kier alpha value is -0.570. The van der Waals surface area contributed by atoms with E-state index in [0.717, 1.165) is 6.54 Å². The zero-order valence-electron chi connectivity index (χ0n) is 10.7. The normalized spacial score (nSPS) is 16.9. The number of hydrogen-bond donors (Lipinski definition) is 1. The largest absolute Gasteiger partial charge is 0.356 e. The van der Waals surface area contributed by atoms with Crippen LogP contribution in [0.2, 0.25) is 0 Å². The van der Waals surface area contributed by atoms with Crippen molar-refractivity contribution in [3.63, 3.8) is 0 Å². The van der Waals surface area contributed by atoms with Gasteiger partial charge in [-0.25, -0.2) is 0 Å². The van der Waals surface area contributed by atoms with Crippen LogP contribution in [0.3, 0.4) is 0 Å². The van der Waals surface area contributed by atoms with E-state index >= 15 is 0 Å². The van der Waals surface area contributed by atoms with Crippen LogP contribution in [0.1, 0.15) is 40.0 Å². The maximum absolute atomic E-state index is 10.2. The molecule has 0 unspecified atom stereocenters.